The maximum atomic E-state index is 13.0. The second-order valence-corrected chi connectivity index (χ2v) is 4.11. The standard InChI is InChI=1S/C10H8F2N2OS/c1-5-10(16-14-13-5)9(15)6-2-7(11)4-8(12)3-6/h2-4,9,15H,1H3. The highest BCUT2D eigenvalue weighted by Crippen LogP contribution is 2.27. The van der Waals surface area contributed by atoms with Crippen LogP contribution in [0.15, 0.2) is 18.2 Å². The van der Waals surface area contributed by atoms with Gasteiger partial charge in [0.15, 0.2) is 0 Å². The van der Waals surface area contributed by atoms with Crippen LogP contribution in [-0.2, 0) is 0 Å². The van der Waals surface area contributed by atoms with Gasteiger partial charge in [0.25, 0.3) is 0 Å². The van der Waals surface area contributed by atoms with Gasteiger partial charge in [-0.2, -0.15) is 0 Å². The number of aromatic nitrogens is 2. The summed E-state index contributed by atoms with van der Waals surface area (Å²) in [7, 11) is 0. The third kappa shape index (κ3) is 2.07. The molecule has 84 valence electrons. The Labute approximate surface area is 94.5 Å². The lowest BCUT2D eigenvalue weighted by atomic mass is 10.1. The van der Waals surface area contributed by atoms with Crippen molar-refractivity contribution in [2.75, 3.05) is 0 Å². The summed E-state index contributed by atoms with van der Waals surface area (Å²) in [5, 5.41) is 13.6. The quantitative estimate of drug-likeness (QED) is 0.878. The van der Waals surface area contributed by atoms with Crippen molar-refractivity contribution in [1.82, 2.24) is 9.59 Å². The molecule has 16 heavy (non-hydrogen) atoms. The van der Waals surface area contributed by atoms with Gasteiger partial charge in [-0.25, -0.2) is 8.78 Å². The van der Waals surface area contributed by atoms with Crippen LogP contribution in [0.1, 0.15) is 22.2 Å². The molecule has 0 aliphatic rings. The topological polar surface area (TPSA) is 46.0 Å². The van der Waals surface area contributed by atoms with Crippen molar-refractivity contribution in [3.05, 3.63) is 46.0 Å². The molecule has 0 radical (unpaired) electrons. The zero-order valence-electron chi connectivity index (χ0n) is 8.32. The molecule has 1 aromatic heterocycles. The van der Waals surface area contributed by atoms with E-state index in [0.29, 0.717) is 10.6 Å². The number of nitrogens with zero attached hydrogens (tertiary/aromatic N) is 2. The van der Waals surface area contributed by atoms with Crippen molar-refractivity contribution < 1.29 is 13.9 Å². The van der Waals surface area contributed by atoms with Gasteiger partial charge in [0, 0.05) is 6.07 Å². The fourth-order valence-corrected chi connectivity index (χ4v) is 2.03. The minimum atomic E-state index is -1.09. The smallest absolute Gasteiger partial charge is 0.126 e. The Hall–Kier alpha value is -1.40. The molecule has 0 saturated carbocycles. The molecule has 2 rings (SSSR count). The maximum absolute atomic E-state index is 13.0. The molecule has 2 aromatic rings. The fourth-order valence-electron chi connectivity index (χ4n) is 1.37. The van der Waals surface area contributed by atoms with Gasteiger partial charge >= 0.3 is 0 Å². The summed E-state index contributed by atoms with van der Waals surface area (Å²) in [5.41, 5.74) is 0.716. The molecule has 1 unspecified atom stereocenters. The van der Waals surface area contributed by atoms with E-state index in [1.54, 1.807) is 6.92 Å². The lowest BCUT2D eigenvalue weighted by molar-refractivity contribution is 0.222. The first-order valence-electron chi connectivity index (χ1n) is 4.51. The highest BCUT2D eigenvalue weighted by atomic mass is 32.1. The average Bonchev–Trinajstić information content (AvgIpc) is 2.62. The Balaban J connectivity index is 2.41. The van der Waals surface area contributed by atoms with Gasteiger partial charge in [-0.05, 0) is 36.2 Å². The van der Waals surface area contributed by atoms with Crippen LogP contribution >= 0.6 is 11.5 Å². The van der Waals surface area contributed by atoms with E-state index in [-0.39, 0.29) is 5.56 Å². The average molecular weight is 242 g/mol. The SMILES string of the molecule is Cc1nnsc1C(O)c1cc(F)cc(F)c1. The Morgan fingerprint density at radius 3 is 2.38 bits per heavy atom. The Kier molecular flexibility index (Phi) is 2.93. The number of hydrogen-bond donors (Lipinski definition) is 1. The second-order valence-electron chi connectivity index (χ2n) is 3.33. The third-order valence-electron chi connectivity index (χ3n) is 2.14. The van der Waals surface area contributed by atoms with Crippen LogP contribution < -0.4 is 0 Å². The zero-order valence-corrected chi connectivity index (χ0v) is 9.13. The van der Waals surface area contributed by atoms with Crippen molar-refractivity contribution in [1.29, 1.82) is 0 Å². The van der Waals surface area contributed by atoms with E-state index in [9.17, 15) is 13.9 Å². The van der Waals surface area contributed by atoms with Crippen LogP contribution in [0.3, 0.4) is 0 Å². The fraction of sp³-hybridized carbons (Fsp3) is 0.200. The largest absolute Gasteiger partial charge is 0.383 e. The number of aliphatic hydroxyl groups is 1. The molecule has 1 atom stereocenters. The van der Waals surface area contributed by atoms with Gasteiger partial charge in [-0.1, -0.05) is 4.49 Å². The molecule has 6 heteroatoms. The van der Waals surface area contributed by atoms with Gasteiger partial charge in [-0.15, -0.1) is 5.10 Å². The Morgan fingerprint density at radius 1 is 1.25 bits per heavy atom. The van der Waals surface area contributed by atoms with Crippen LogP contribution in [0.2, 0.25) is 0 Å². The number of rotatable bonds is 2. The van der Waals surface area contributed by atoms with E-state index in [1.807, 2.05) is 0 Å². The van der Waals surface area contributed by atoms with Crippen LogP contribution in [0.25, 0.3) is 0 Å². The lowest BCUT2D eigenvalue weighted by Crippen LogP contribution is -2.00. The predicted molar refractivity (Wildman–Crippen MR) is 55.1 cm³/mol. The first kappa shape index (κ1) is 11.1. The minimum absolute atomic E-state index is 0.159. The van der Waals surface area contributed by atoms with Gasteiger partial charge < -0.3 is 5.11 Å². The van der Waals surface area contributed by atoms with Crippen LogP contribution in [0.4, 0.5) is 8.78 Å². The van der Waals surface area contributed by atoms with Crippen LogP contribution in [-0.4, -0.2) is 14.7 Å². The number of benzene rings is 1. The molecule has 0 fully saturated rings. The van der Waals surface area contributed by atoms with Gasteiger partial charge in [0.1, 0.15) is 17.7 Å². The van der Waals surface area contributed by atoms with Crippen LogP contribution in [0.5, 0.6) is 0 Å². The van der Waals surface area contributed by atoms with E-state index in [1.165, 1.54) is 0 Å². The molecule has 0 aliphatic heterocycles. The molecule has 0 saturated heterocycles. The summed E-state index contributed by atoms with van der Waals surface area (Å²) in [6.07, 6.45) is -1.09. The summed E-state index contributed by atoms with van der Waals surface area (Å²) < 4.78 is 29.6. The second kappa shape index (κ2) is 4.23. The highest BCUT2D eigenvalue weighted by Gasteiger charge is 2.17. The summed E-state index contributed by atoms with van der Waals surface area (Å²) in [5.74, 6) is -1.44. The predicted octanol–water partition coefficient (Wildman–Crippen LogP) is 2.21. The van der Waals surface area contributed by atoms with E-state index in [0.717, 1.165) is 29.7 Å². The van der Waals surface area contributed by atoms with Crippen molar-refractivity contribution in [2.24, 2.45) is 0 Å². The number of halogens is 2. The molecule has 1 aromatic carbocycles. The first-order valence-corrected chi connectivity index (χ1v) is 5.28. The minimum Gasteiger partial charge on any atom is -0.383 e. The molecule has 0 amide bonds. The molecule has 0 spiro atoms. The van der Waals surface area contributed by atoms with Gasteiger partial charge in [0.05, 0.1) is 10.6 Å². The molecule has 0 bridgehead atoms. The Bertz CT molecular complexity index is 495. The lowest BCUT2D eigenvalue weighted by Gasteiger charge is -2.09. The van der Waals surface area contributed by atoms with Crippen LogP contribution in [0, 0.1) is 18.6 Å². The van der Waals surface area contributed by atoms with Crippen molar-refractivity contribution in [3.63, 3.8) is 0 Å². The van der Waals surface area contributed by atoms with Gasteiger partial charge in [-0.3, -0.25) is 0 Å². The summed E-state index contributed by atoms with van der Waals surface area (Å²) in [6.45, 7) is 1.68. The number of hydrogen-bond acceptors (Lipinski definition) is 4. The van der Waals surface area contributed by atoms with E-state index >= 15 is 0 Å². The first-order chi connectivity index (χ1) is 7.58. The molecular formula is C10H8F2N2OS. The molecule has 0 aliphatic carbocycles. The normalized spacial score (nSPS) is 12.8. The maximum Gasteiger partial charge on any atom is 0.126 e. The van der Waals surface area contributed by atoms with Gasteiger partial charge in [0.2, 0.25) is 0 Å². The zero-order chi connectivity index (χ0) is 11.7. The van der Waals surface area contributed by atoms with Crippen molar-refractivity contribution in [3.8, 4) is 0 Å². The molecule has 1 N–H and O–H groups in total. The molecule has 3 nitrogen and oxygen atoms in total. The summed E-state index contributed by atoms with van der Waals surface area (Å²) in [6, 6.07) is 2.94. The molecule has 1 heterocycles. The van der Waals surface area contributed by atoms with E-state index in [2.05, 4.69) is 9.59 Å². The molecular weight excluding hydrogens is 234 g/mol. The van der Waals surface area contributed by atoms with Crippen molar-refractivity contribution in [2.45, 2.75) is 13.0 Å². The third-order valence-corrected chi connectivity index (χ3v) is 3.01. The van der Waals surface area contributed by atoms with Crippen molar-refractivity contribution >= 4 is 11.5 Å². The number of aliphatic hydroxyl groups excluding tert-OH is 1. The summed E-state index contributed by atoms with van der Waals surface area (Å²) in [4.78, 5) is 0.491. The van der Waals surface area contributed by atoms with E-state index in [4.69, 9.17) is 0 Å². The van der Waals surface area contributed by atoms with E-state index < -0.39 is 17.7 Å². The number of aryl methyl sites for hydroxylation is 1. The highest BCUT2D eigenvalue weighted by molar-refractivity contribution is 7.05. The summed E-state index contributed by atoms with van der Waals surface area (Å²) >= 11 is 1.01. The monoisotopic (exact) mass is 242 g/mol. The Morgan fingerprint density at radius 2 is 1.88 bits per heavy atom.